The Morgan fingerprint density at radius 3 is 2.89 bits per heavy atom. The third-order valence-corrected chi connectivity index (χ3v) is 3.11. The van der Waals surface area contributed by atoms with Gasteiger partial charge in [0, 0.05) is 29.3 Å². The Labute approximate surface area is 116 Å². The minimum Gasteiger partial charge on any atom is -0.462 e. The average molecular weight is 315 g/mol. The molecule has 0 aliphatic heterocycles. The Hall–Kier alpha value is -1.10. The van der Waals surface area contributed by atoms with Crippen LogP contribution in [0.2, 0.25) is 0 Å². The van der Waals surface area contributed by atoms with E-state index in [4.69, 9.17) is 4.74 Å². The fraction of sp³-hybridized carbons (Fsp3) is 0.538. The zero-order valence-corrected chi connectivity index (χ0v) is 12.2. The Kier molecular flexibility index (Phi) is 6.72. The highest BCUT2D eigenvalue weighted by Gasteiger charge is 2.10. The highest BCUT2D eigenvalue weighted by atomic mass is 79.9. The molecule has 1 heterocycles. The first-order valence-corrected chi connectivity index (χ1v) is 7.13. The lowest BCUT2D eigenvalue weighted by Crippen LogP contribution is -2.11. The van der Waals surface area contributed by atoms with Crippen LogP contribution < -0.4 is 0 Å². The van der Waals surface area contributed by atoms with Crippen LogP contribution in [-0.2, 0) is 9.53 Å². The summed E-state index contributed by atoms with van der Waals surface area (Å²) in [5.74, 6) is -0.310. The van der Waals surface area contributed by atoms with Gasteiger partial charge in [-0.2, -0.15) is 0 Å². The normalized spacial score (nSPS) is 12.1. The van der Waals surface area contributed by atoms with Crippen molar-refractivity contribution in [3.63, 3.8) is 0 Å². The Bertz CT molecular complexity index is 376. The van der Waals surface area contributed by atoms with Crippen molar-refractivity contribution in [2.75, 3.05) is 11.9 Å². The predicted octanol–water partition coefficient (Wildman–Crippen LogP) is 3.11. The summed E-state index contributed by atoms with van der Waals surface area (Å²) < 4.78 is 7.17. The standard InChI is InChI=1S/C13H19BrN2O2/c1-11(2)13(17)18-9-3-4-12(5-6-14)16-8-7-15-10-16/h7-8,10,12H,1,3-6,9H2,2H3. The molecular formula is C13H19BrN2O2. The molecule has 0 fully saturated rings. The maximum atomic E-state index is 11.2. The number of ether oxygens (including phenoxy) is 1. The molecule has 0 saturated carbocycles. The number of halogens is 1. The molecule has 5 heteroatoms. The van der Waals surface area contributed by atoms with Crippen molar-refractivity contribution in [3.05, 3.63) is 30.9 Å². The van der Waals surface area contributed by atoms with Crippen LogP contribution in [0.4, 0.5) is 0 Å². The van der Waals surface area contributed by atoms with Gasteiger partial charge in [0.15, 0.2) is 0 Å². The van der Waals surface area contributed by atoms with Crippen LogP contribution in [0.25, 0.3) is 0 Å². The largest absolute Gasteiger partial charge is 0.462 e. The van der Waals surface area contributed by atoms with Crippen molar-refractivity contribution < 1.29 is 9.53 Å². The van der Waals surface area contributed by atoms with E-state index in [1.807, 2.05) is 12.5 Å². The van der Waals surface area contributed by atoms with Crippen LogP contribution in [0.3, 0.4) is 0 Å². The van der Waals surface area contributed by atoms with Gasteiger partial charge in [-0.15, -0.1) is 0 Å². The van der Waals surface area contributed by atoms with Crippen molar-refractivity contribution in [3.8, 4) is 0 Å². The number of carbonyl (C=O) groups is 1. The summed E-state index contributed by atoms with van der Waals surface area (Å²) in [5, 5.41) is 0.946. The molecule has 0 aliphatic rings. The first kappa shape index (κ1) is 15.0. The van der Waals surface area contributed by atoms with Crippen molar-refractivity contribution in [2.24, 2.45) is 0 Å². The molecule has 4 nitrogen and oxygen atoms in total. The quantitative estimate of drug-likeness (QED) is 0.320. The van der Waals surface area contributed by atoms with Crippen molar-refractivity contribution in [2.45, 2.75) is 32.2 Å². The number of aromatic nitrogens is 2. The van der Waals surface area contributed by atoms with Crippen LogP contribution in [0.5, 0.6) is 0 Å². The molecule has 0 radical (unpaired) electrons. The summed E-state index contributed by atoms with van der Waals surface area (Å²) in [6.07, 6.45) is 8.41. The smallest absolute Gasteiger partial charge is 0.333 e. The number of imidazole rings is 1. The molecule has 1 unspecified atom stereocenters. The van der Waals surface area contributed by atoms with E-state index in [2.05, 4.69) is 32.1 Å². The predicted molar refractivity (Wildman–Crippen MR) is 74.7 cm³/mol. The zero-order valence-electron chi connectivity index (χ0n) is 10.6. The average Bonchev–Trinajstić information content (AvgIpc) is 2.86. The number of carbonyl (C=O) groups excluding carboxylic acids is 1. The first-order valence-electron chi connectivity index (χ1n) is 6.01. The first-order chi connectivity index (χ1) is 8.65. The molecule has 0 aliphatic carbocycles. The fourth-order valence-corrected chi connectivity index (χ4v) is 2.19. The highest BCUT2D eigenvalue weighted by Crippen LogP contribution is 2.18. The zero-order chi connectivity index (χ0) is 13.4. The SMILES string of the molecule is C=C(C)C(=O)OCCCC(CCBr)n1ccnc1. The second-order valence-corrected chi connectivity index (χ2v) is 4.99. The number of nitrogens with zero attached hydrogens (tertiary/aromatic N) is 2. The Balaban J connectivity index is 2.31. The molecular weight excluding hydrogens is 296 g/mol. The van der Waals surface area contributed by atoms with Crippen molar-refractivity contribution in [1.82, 2.24) is 9.55 Å². The van der Waals surface area contributed by atoms with Gasteiger partial charge in [0.2, 0.25) is 0 Å². The van der Waals surface area contributed by atoms with E-state index < -0.39 is 0 Å². The third kappa shape index (κ3) is 5.04. The molecule has 1 aromatic heterocycles. The summed E-state index contributed by atoms with van der Waals surface area (Å²) in [4.78, 5) is 15.3. The lowest BCUT2D eigenvalue weighted by Gasteiger charge is -2.17. The fourth-order valence-electron chi connectivity index (χ4n) is 1.66. The van der Waals surface area contributed by atoms with Gasteiger partial charge in [0.1, 0.15) is 0 Å². The van der Waals surface area contributed by atoms with Crippen LogP contribution in [0, 0.1) is 0 Å². The van der Waals surface area contributed by atoms with Gasteiger partial charge in [-0.05, 0) is 26.2 Å². The molecule has 100 valence electrons. The maximum absolute atomic E-state index is 11.2. The van der Waals surface area contributed by atoms with Gasteiger partial charge in [-0.3, -0.25) is 0 Å². The van der Waals surface area contributed by atoms with Gasteiger partial charge in [0.25, 0.3) is 0 Å². The van der Waals surface area contributed by atoms with E-state index in [0.717, 1.165) is 24.6 Å². The number of hydrogen-bond acceptors (Lipinski definition) is 3. The maximum Gasteiger partial charge on any atom is 0.333 e. The van der Waals surface area contributed by atoms with Crippen molar-refractivity contribution in [1.29, 1.82) is 0 Å². The highest BCUT2D eigenvalue weighted by molar-refractivity contribution is 9.09. The molecule has 0 bridgehead atoms. The Morgan fingerprint density at radius 1 is 1.56 bits per heavy atom. The van der Waals surface area contributed by atoms with Gasteiger partial charge < -0.3 is 9.30 Å². The molecule has 0 spiro atoms. The van der Waals surface area contributed by atoms with E-state index >= 15 is 0 Å². The lowest BCUT2D eigenvalue weighted by molar-refractivity contribution is -0.139. The van der Waals surface area contributed by atoms with Gasteiger partial charge in [-0.1, -0.05) is 22.5 Å². The molecule has 0 N–H and O–H groups in total. The minimum absolute atomic E-state index is 0.310. The third-order valence-electron chi connectivity index (χ3n) is 2.65. The van der Waals surface area contributed by atoms with E-state index in [1.165, 1.54) is 0 Å². The second-order valence-electron chi connectivity index (χ2n) is 4.20. The molecule has 0 amide bonds. The molecule has 18 heavy (non-hydrogen) atoms. The van der Waals surface area contributed by atoms with Gasteiger partial charge >= 0.3 is 5.97 Å². The summed E-state index contributed by atoms with van der Waals surface area (Å²) >= 11 is 3.46. The number of hydrogen-bond donors (Lipinski definition) is 0. The van der Waals surface area contributed by atoms with Gasteiger partial charge in [0.05, 0.1) is 12.9 Å². The molecule has 1 rings (SSSR count). The van der Waals surface area contributed by atoms with E-state index in [9.17, 15) is 4.79 Å². The molecule has 1 aromatic rings. The summed E-state index contributed by atoms with van der Waals surface area (Å²) in [6.45, 7) is 5.64. The second kappa shape index (κ2) is 8.08. The number of alkyl halides is 1. The van der Waals surface area contributed by atoms with Crippen LogP contribution in [0.1, 0.15) is 32.2 Å². The lowest BCUT2D eigenvalue weighted by atomic mass is 10.1. The minimum atomic E-state index is -0.310. The number of esters is 1. The van der Waals surface area contributed by atoms with Crippen molar-refractivity contribution >= 4 is 21.9 Å². The molecule has 0 saturated heterocycles. The van der Waals surface area contributed by atoms with E-state index in [0.29, 0.717) is 18.2 Å². The van der Waals surface area contributed by atoms with Crippen LogP contribution in [-0.4, -0.2) is 27.5 Å². The summed E-state index contributed by atoms with van der Waals surface area (Å²) in [6, 6.07) is 0.399. The topological polar surface area (TPSA) is 44.1 Å². The summed E-state index contributed by atoms with van der Waals surface area (Å²) in [5.41, 5.74) is 0.446. The van der Waals surface area contributed by atoms with Crippen LogP contribution in [0.15, 0.2) is 30.9 Å². The van der Waals surface area contributed by atoms with Gasteiger partial charge in [-0.25, -0.2) is 9.78 Å². The monoisotopic (exact) mass is 314 g/mol. The number of rotatable bonds is 8. The molecule has 1 atom stereocenters. The summed E-state index contributed by atoms with van der Waals surface area (Å²) in [7, 11) is 0. The Morgan fingerprint density at radius 2 is 2.33 bits per heavy atom. The van der Waals surface area contributed by atoms with E-state index in [1.54, 1.807) is 13.1 Å². The van der Waals surface area contributed by atoms with E-state index in [-0.39, 0.29) is 5.97 Å². The molecule has 0 aromatic carbocycles. The van der Waals surface area contributed by atoms with Crippen LogP contribution >= 0.6 is 15.9 Å².